The normalized spacial score (nSPS) is 34.5. The minimum Gasteiger partial charge on any atom is -0.371 e. The Morgan fingerprint density at radius 3 is 2.41 bits per heavy atom. The fourth-order valence-corrected chi connectivity index (χ4v) is 10.6. The van der Waals surface area contributed by atoms with E-state index in [1.807, 2.05) is 48.5 Å². The molecule has 2 bridgehead atoms. The molecule has 6 nitrogen and oxygen atoms in total. The van der Waals surface area contributed by atoms with Gasteiger partial charge in [0, 0.05) is 24.5 Å². The van der Waals surface area contributed by atoms with Gasteiger partial charge in [0.1, 0.15) is 0 Å². The van der Waals surface area contributed by atoms with Crippen LogP contribution in [0.5, 0.6) is 0 Å². The van der Waals surface area contributed by atoms with Gasteiger partial charge in [0.15, 0.2) is 0 Å². The molecule has 2 saturated heterocycles. The number of fused-ring (bicyclic) bond motifs is 1. The predicted octanol–water partition coefficient (Wildman–Crippen LogP) is 4.63. The maximum atomic E-state index is 14.3. The highest BCUT2D eigenvalue weighted by Crippen LogP contribution is 2.70. The molecule has 6 rings (SSSR count). The van der Waals surface area contributed by atoms with E-state index in [4.69, 9.17) is 4.74 Å². The van der Waals surface area contributed by atoms with Crippen molar-refractivity contribution in [1.29, 1.82) is 0 Å². The van der Waals surface area contributed by atoms with Crippen molar-refractivity contribution in [2.45, 2.75) is 64.8 Å². The molecule has 2 aliphatic heterocycles. The SMILES string of the molecule is C[C@@H](c1ccccc1)N1C[C@H](OCc2ccccc2)[C@@H](C(=O)N2[C@H]3C[C@@H]4CC[C@@]3(CS2(=O)=O)C4(C)C)C1. The van der Waals surface area contributed by atoms with E-state index in [1.54, 1.807) is 0 Å². The summed E-state index contributed by atoms with van der Waals surface area (Å²) in [6, 6.07) is 20.1. The molecule has 6 atom stereocenters. The minimum absolute atomic E-state index is 0.0630. The van der Waals surface area contributed by atoms with Gasteiger partial charge in [-0.25, -0.2) is 12.7 Å². The molecule has 2 aromatic carbocycles. The van der Waals surface area contributed by atoms with Crippen LogP contribution in [0.2, 0.25) is 0 Å². The zero-order valence-corrected chi connectivity index (χ0v) is 22.9. The van der Waals surface area contributed by atoms with Crippen molar-refractivity contribution >= 4 is 15.9 Å². The predicted molar refractivity (Wildman–Crippen MR) is 143 cm³/mol. The number of sulfonamides is 1. The third-order valence-corrected chi connectivity index (χ3v) is 12.3. The lowest BCUT2D eigenvalue weighted by atomic mass is 9.69. The second kappa shape index (κ2) is 8.92. The molecule has 2 saturated carbocycles. The van der Waals surface area contributed by atoms with Gasteiger partial charge in [-0.05, 0) is 48.6 Å². The second-order valence-corrected chi connectivity index (χ2v) is 14.1. The summed E-state index contributed by atoms with van der Waals surface area (Å²) in [5, 5.41) is 0. The van der Waals surface area contributed by atoms with Gasteiger partial charge in [-0.1, -0.05) is 74.5 Å². The molecule has 4 aliphatic rings. The van der Waals surface area contributed by atoms with Crippen LogP contribution in [-0.4, -0.2) is 54.5 Å². The van der Waals surface area contributed by atoms with Crippen molar-refractivity contribution in [2.75, 3.05) is 18.8 Å². The first-order chi connectivity index (χ1) is 17.6. The number of amides is 1. The van der Waals surface area contributed by atoms with E-state index in [2.05, 4.69) is 37.8 Å². The van der Waals surface area contributed by atoms with Gasteiger partial charge < -0.3 is 4.74 Å². The molecule has 2 aromatic rings. The number of hydrogen-bond acceptors (Lipinski definition) is 5. The maximum absolute atomic E-state index is 14.3. The van der Waals surface area contributed by atoms with Gasteiger partial charge in [-0.15, -0.1) is 0 Å². The summed E-state index contributed by atoms with van der Waals surface area (Å²) >= 11 is 0. The Morgan fingerprint density at radius 1 is 1.05 bits per heavy atom. The van der Waals surface area contributed by atoms with Gasteiger partial charge >= 0.3 is 0 Å². The highest BCUT2D eigenvalue weighted by Gasteiger charge is 2.72. The average molecular weight is 523 g/mol. The largest absolute Gasteiger partial charge is 0.371 e. The summed E-state index contributed by atoms with van der Waals surface area (Å²) in [5.74, 6) is -0.188. The van der Waals surface area contributed by atoms with Crippen molar-refractivity contribution in [3.63, 3.8) is 0 Å². The van der Waals surface area contributed by atoms with E-state index in [1.165, 1.54) is 9.87 Å². The van der Waals surface area contributed by atoms with E-state index in [-0.39, 0.29) is 40.7 Å². The number of likely N-dealkylation sites (tertiary alicyclic amines) is 1. The monoisotopic (exact) mass is 522 g/mol. The Hall–Kier alpha value is -2.22. The molecule has 7 heteroatoms. The van der Waals surface area contributed by atoms with Crippen molar-refractivity contribution in [2.24, 2.45) is 22.7 Å². The Labute approximate surface area is 221 Å². The molecular formula is C30H38N2O4S. The average Bonchev–Trinajstić information content (AvgIpc) is 3.55. The van der Waals surface area contributed by atoms with Crippen molar-refractivity contribution in [3.8, 4) is 0 Å². The first-order valence-corrected chi connectivity index (χ1v) is 15.3. The van der Waals surface area contributed by atoms with Gasteiger partial charge in [-0.2, -0.15) is 0 Å². The van der Waals surface area contributed by atoms with Crippen LogP contribution < -0.4 is 0 Å². The van der Waals surface area contributed by atoms with E-state index in [0.717, 1.165) is 24.8 Å². The van der Waals surface area contributed by atoms with Gasteiger partial charge in [0.25, 0.3) is 0 Å². The van der Waals surface area contributed by atoms with Crippen LogP contribution in [0.1, 0.15) is 57.2 Å². The van der Waals surface area contributed by atoms with Crippen LogP contribution in [-0.2, 0) is 26.2 Å². The third-order valence-electron chi connectivity index (χ3n) is 10.4. The van der Waals surface area contributed by atoms with Gasteiger partial charge in [0.2, 0.25) is 15.9 Å². The number of hydrogen-bond donors (Lipinski definition) is 0. The molecule has 0 unspecified atom stereocenters. The zero-order chi connectivity index (χ0) is 26.0. The van der Waals surface area contributed by atoms with Crippen LogP contribution in [0.15, 0.2) is 60.7 Å². The van der Waals surface area contributed by atoms with Crippen molar-refractivity contribution in [1.82, 2.24) is 9.21 Å². The number of benzene rings is 2. The van der Waals surface area contributed by atoms with Gasteiger partial charge in [0.05, 0.1) is 30.4 Å². The highest BCUT2D eigenvalue weighted by atomic mass is 32.2. The van der Waals surface area contributed by atoms with Gasteiger partial charge in [-0.3, -0.25) is 9.69 Å². The zero-order valence-electron chi connectivity index (χ0n) is 22.0. The lowest BCUT2D eigenvalue weighted by Crippen LogP contribution is -2.48. The minimum atomic E-state index is -3.67. The van der Waals surface area contributed by atoms with Crippen LogP contribution in [0, 0.1) is 22.7 Å². The molecule has 0 N–H and O–H groups in total. The molecule has 0 radical (unpaired) electrons. The van der Waals surface area contributed by atoms with E-state index < -0.39 is 15.9 Å². The molecular weight excluding hydrogens is 484 g/mol. The number of ether oxygens (including phenoxy) is 1. The molecule has 2 heterocycles. The van der Waals surface area contributed by atoms with Crippen LogP contribution in [0.3, 0.4) is 0 Å². The maximum Gasteiger partial charge on any atom is 0.243 e. The smallest absolute Gasteiger partial charge is 0.243 e. The number of carbonyl (C=O) groups excluding carboxylic acids is 1. The lowest BCUT2D eigenvalue weighted by Gasteiger charge is -2.37. The topological polar surface area (TPSA) is 66.9 Å². The first kappa shape index (κ1) is 25.1. The Kier molecular flexibility index (Phi) is 6.05. The summed E-state index contributed by atoms with van der Waals surface area (Å²) in [6.07, 6.45) is 2.39. The Bertz CT molecular complexity index is 1270. The fraction of sp³-hybridized carbons (Fsp3) is 0.567. The summed E-state index contributed by atoms with van der Waals surface area (Å²) in [7, 11) is -3.67. The molecule has 37 heavy (non-hydrogen) atoms. The molecule has 1 spiro atoms. The van der Waals surface area contributed by atoms with Crippen molar-refractivity contribution in [3.05, 3.63) is 71.8 Å². The summed E-state index contributed by atoms with van der Waals surface area (Å²) in [4.78, 5) is 16.5. The Balaban J connectivity index is 1.29. The number of carbonyl (C=O) groups is 1. The molecule has 198 valence electrons. The number of nitrogens with zero attached hydrogens (tertiary/aromatic N) is 2. The van der Waals surface area contributed by atoms with Crippen LogP contribution >= 0.6 is 0 Å². The second-order valence-electron chi connectivity index (χ2n) is 12.2. The summed E-state index contributed by atoms with van der Waals surface area (Å²) in [5.41, 5.74) is 1.85. The summed E-state index contributed by atoms with van der Waals surface area (Å²) in [6.45, 7) is 8.08. The standard InChI is InChI=1S/C30H38N2O4S/c1-21(23-12-8-5-9-13-23)31-17-25(26(18-31)36-19-22-10-6-4-7-11-22)28(33)32-27-16-24-14-15-30(27,29(24,2)3)20-37(32,34)35/h4-13,21,24-27H,14-20H2,1-3H3/t21-,24-,25-,26-,27-,30-/m0/s1. The summed E-state index contributed by atoms with van der Waals surface area (Å²) < 4.78 is 35.0. The van der Waals surface area contributed by atoms with Crippen molar-refractivity contribution < 1.29 is 17.9 Å². The highest BCUT2D eigenvalue weighted by molar-refractivity contribution is 7.90. The first-order valence-electron chi connectivity index (χ1n) is 13.6. The molecule has 2 aliphatic carbocycles. The quantitative estimate of drug-likeness (QED) is 0.553. The Morgan fingerprint density at radius 2 is 1.73 bits per heavy atom. The number of rotatable bonds is 6. The third kappa shape index (κ3) is 3.88. The molecule has 4 fully saturated rings. The lowest BCUT2D eigenvalue weighted by molar-refractivity contribution is -0.137. The van der Waals surface area contributed by atoms with Crippen LogP contribution in [0.4, 0.5) is 0 Å². The molecule has 1 amide bonds. The fourth-order valence-electron chi connectivity index (χ4n) is 7.99. The van der Waals surface area contributed by atoms with E-state index in [0.29, 0.717) is 25.6 Å². The van der Waals surface area contributed by atoms with E-state index in [9.17, 15) is 13.2 Å². The van der Waals surface area contributed by atoms with E-state index >= 15 is 0 Å². The van der Waals surface area contributed by atoms with Crippen LogP contribution in [0.25, 0.3) is 0 Å². The molecule has 0 aromatic heterocycles.